The summed E-state index contributed by atoms with van der Waals surface area (Å²) in [7, 11) is 0. The first-order chi connectivity index (χ1) is 10.9. The SMILES string of the molecule is Cc1cnc(CC2=CCCCCC2)c2c1C(CC(C)(C)C)CS2. The second kappa shape index (κ2) is 7.01. The van der Waals surface area contributed by atoms with Crippen LogP contribution in [0.4, 0.5) is 0 Å². The van der Waals surface area contributed by atoms with Gasteiger partial charge >= 0.3 is 0 Å². The molecule has 1 atom stereocenters. The smallest absolute Gasteiger partial charge is 0.0582 e. The van der Waals surface area contributed by atoms with E-state index in [1.807, 2.05) is 0 Å². The maximum Gasteiger partial charge on any atom is 0.0582 e. The molecule has 3 rings (SSSR count). The van der Waals surface area contributed by atoms with Gasteiger partial charge < -0.3 is 0 Å². The summed E-state index contributed by atoms with van der Waals surface area (Å²) >= 11 is 2.06. The highest BCUT2D eigenvalue weighted by Crippen LogP contribution is 2.47. The van der Waals surface area contributed by atoms with E-state index in [-0.39, 0.29) is 0 Å². The van der Waals surface area contributed by atoms with Crippen molar-refractivity contribution in [2.24, 2.45) is 5.41 Å². The molecule has 1 aliphatic heterocycles. The summed E-state index contributed by atoms with van der Waals surface area (Å²) in [5.41, 5.74) is 6.38. The van der Waals surface area contributed by atoms with Crippen molar-refractivity contribution in [3.8, 4) is 0 Å². The Kier molecular flexibility index (Phi) is 5.20. The van der Waals surface area contributed by atoms with Crippen LogP contribution in [0.1, 0.15) is 82.0 Å². The van der Waals surface area contributed by atoms with Crippen LogP contribution in [0.15, 0.2) is 22.7 Å². The largest absolute Gasteiger partial charge is 0.259 e. The third kappa shape index (κ3) is 4.21. The average Bonchev–Trinajstić information content (AvgIpc) is 2.71. The van der Waals surface area contributed by atoms with E-state index in [4.69, 9.17) is 4.98 Å². The summed E-state index contributed by atoms with van der Waals surface area (Å²) < 4.78 is 0. The van der Waals surface area contributed by atoms with E-state index in [0.29, 0.717) is 11.3 Å². The van der Waals surface area contributed by atoms with Crippen molar-refractivity contribution >= 4 is 11.8 Å². The summed E-state index contributed by atoms with van der Waals surface area (Å²) in [6, 6.07) is 0. The summed E-state index contributed by atoms with van der Waals surface area (Å²) in [5.74, 6) is 1.95. The second-order valence-corrected chi connectivity index (χ2v) is 9.57. The summed E-state index contributed by atoms with van der Waals surface area (Å²) in [4.78, 5) is 6.36. The van der Waals surface area contributed by atoms with Gasteiger partial charge in [0.05, 0.1) is 5.69 Å². The monoisotopic (exact) mass is 329 g/mol. The molecule has 1 unspecified atom stereocenters. The van der Waals surface area contributed by atoms with Crippen molar-refractivity contribution in [2.75, 3.05) is 5.75 Å². The van der Waals surface area contributed by atoms with E-state index in [1.54, 1.807) is 11.1 Å². The molecule has 126 valence electrons. The Balaban J connectivity index is 1.85. The second-order valence-electron chi connectivity index (χ2n) is 8.54. The van der Waals surface area contributed by atoms with E-state index >= 15 is 0 Å². The lowest BCUT2D eigenvalue weighted by Gasteiger charge is -2.24. The molecule has 2 aliphatic rings. The van der Waals surface area contributed by atoms with E-state index in [2.05, 4.69) is 51.7 Å². The molecule has 1 nitrogen and oxygen atoms in total. The van der Waals surface area contributed by atoms with Gasteiger partial charge in [-0.3, -0.25) is 4.98 Å². The van der Waals surface area contributed by atoms with Gasteiger partial charge in [0.1, 0.15) is 0 Å². The van der Waals surface area contributed by atoms with Crippen LogP contribution < -0.4 is 0 Å². The Morgan fingerprint density at radius 1 is 1.22 bits per heavy atom. The minimum Gasteiger partial charge on any atom is -0.259 e. The van der Waals surface area contributed by atoms with Gasteiger partial charge in [0, 0.05) is 23.3 Å². The highest BCUT2D eigenvalue weighted by atomic mass is 32.2. The van der Waals surface area contributed by atoms with Crippen molar-refractivity contribution in [1.29, 1.82) is 0 Å². The lowest BCUT2D eigenvalue weighted by molar-refractivity contribution is 0.350. The number of aryl methyl sites for hydroxylation is 1. The first-order valence-electron chi connectivity index (χ1n) is 9.23. The topological polar surface area (TPSA) is 12.9 Å². The summed E-state index contributed by atoms with van der Waals surface area (Å²) in [6.45, 7) is 9.35. The fourth-order valence-electron chi connectivity index (χ4n) is 4.06. The molecule has 0 fully saturated rings. The van der Waals surface area contributed by atoms with E-state index in [9.17, 15) is 0 Å². The molecule has 0 spiro atoms. The average molecular weight is 330 g/mol. The quantitative estimate of drug-likeness (QED) is 0.591. The number of fused-ring (bicyclic) bond motifs is 1. The standard InChI is InChI=1S/C21H31NS/c1-15-13-22-18(11-16-9-7-5-6-8-10-16)20-19(15)17(14-23-20)12-21(2,3)4/h9,13,17H,5-8,10-12,14H2,1-4H3. The maximum atomic E-state index is 4.84. The number of pyridine rings is 1. The van der Waals surface area contributed by atoms with Crippen molar-refractivity contribution in [2.45, 2.75) is 83.5 Å². The van der Waals surface area contributed by atoms with Crippen LogP contribution in [-0.2, 0) is 6.42 Å². The first-order valence-corrected chi connectivity index (χ1v) is 10.2. The third-order valence-corrected chi connectivity index (χ3v) is 6.38. The number of hydrogen-bond acceptors (Lipinski definition) is 2. The van der Waals surface area contributed by atoms with Crippen molar-refractivity contribution in [1.82, 2.24) is 4.98 Å². The molecule has 0 saturated carbocycles. The zero-order valence-corrected chi connectivity index (χ0v) is 16.1. The Morgan fingerprint density at radius 3 is 2.83 bits per heavy atom. The fourth-order valence-corrected chi connectivity index (χ4v) is 5.48. The lowest BCUT2D eigenvalue weighted by Crippen LogP contribution is -2.13. The van der Waals surface area contributed by atoms with Crippen molar-refractivity contribution in [3.05, 3.63) is 34.7 Å². The van der Waals surface area contributed by atoms with Gasteiger partial charge in [-0.1, -0.05) is 38.8 Å². The molecular formula is C21H31NS. The summed E-state index contributed by atoms with van der Waals surface area (Å²) in [6.07, 6.45) is 13.6. The molecule has 0 aromatic carbocycles. The molecule has 23 heavy (non-hydrogen) atoms. The maximum absolute atomic E-state index is 4.84. The van der Waals surface area contributed by atoms with Gasteiger partial charge in [-0.25, -0.2) is 0 Å². The molecule has 1 aromatic rings. The van der Waals surface area contributed by atoms with E-state index in [1.165, 1.54) is 60.4 Å². The Morgan fingerprint density at radius 2 is 2.04 bits per heavy atom. The number of allylic oxidation sites excluding steroid dienone is 2. The number of rotatable bonds is 3. The van der Waals surface area contributed by atoms with Gasteiger partial charge in [0.15, 0.2) is 0 Å². The molecule has 2 heterocycles. The van der Waals surface area contributed by atoms with E-state index in [0.717, 1.165) is 6.42 Å². The Bertz CT molecular complexity index is 595. The van der Waals surface area contributed by atoms with Crippen LogP contribution >= 0.6 is 11.8 Å². The number of nitrogens with zero attached hydrogens (tertiary/aromatic N) is 1. The first kappa shape index (κ1) is 17.1. The number of thioether (sulfide) groups is 1. The highest BCUT2D eigenvalue weighted by Gasteiger charge is 2.31. The molecule has 0 N–H and O–H groups in total. The van der Waals surface area contributed by atoms with Crippen molar-refractivity contribution < 1.29 is 0 Å². The van der Waals surface area contributed by atoms with Gasteiger partial charge in [-0.2, -0.15) is 0 Å². The van der Waals surface area contributed by atoms with Gasteiger partial charge in [-0.15, -0.1) is 11.8 Å². The van der Waals surface area contributed by atoms with Crippen molar-refractivity contribution in [3.63, 3.8) is 0 Å². The van der Waals surface area contributed by atoms with Crippen LogP contribution in [0.5, 0.6) is 0 Å². The van der Waals surface area contributed by atoms with Crippen LogP contribution in [0.2, 0.25) is 0 Å². The predicted octanol–water partition coefficient (Wildman–Crippen LogP) is 6.45. The van der Waals surface area contributed by atoms with E-state index < -0.39 is 0 Å². The number of aromatic nitrogens is 1. The van der Waals surface area contributed by atoms with Gasteiger partial charge in [0.2, 0.25) is 0 Å². The third-order valence-electron chi connectivity index (χ3n) is 5.07. The predicted molar refractivity (Wildman–Crippen MR) is 101 cm³/mol. The van der Waals surface area contributed by atoms with Gasteiger partial charge in [-0.05, 0) is 61.5 Å². The minimum atomic E-state index is 0.395. The normalized spacial score (nSPS) is 21.7. The Labute approximate surface area is 146 Å². The zero-order valence-electron chi connectivity index (χ0n) is 15.2. The molecule has 0 radical (unpaired) electrons. The molecule has 0 bridgehead atoms. The highest BCUT2D eigenvalue weighted by molar-refractivity contribution is 7.99. The minimum absolute atomic E-state index is 0.395. The van der Waals surface area contributed by atoms with Crippen LogP contribution in [-0.4, -0.2) is 10.7 Å². The summed E-state index contributed by atoms with van der Waals surface area (Å²) in [5, 5.41) is 0. The molecule has 2 heteroatoms. The van der Waals surface area contributed by atoms with Crippen LogP contribution in [0.25, 0.3) is 0 Å². The molecule has 1 aliphatic carbocycles. The van der Waals surface area contributed by atoms with Crippen LogP contribution in [0, 0.1) is 12.3 Å². The fraction of sp³-hybridized carbons (Fsp3) is 0.667. The Hall–Kier alpha value is -0.760. The molecule has 0 amide bonds. The lowest BCUT2D eigenvalue weighted by atomic mass is 9.81. The molecule has 1 aromatic heterocycles. The zero-order chi connectivity index (χ0) is 16.4. The van der Waals surface area contributed by atoms with Crippen LogP contribution in [0.3, 0.4) is 0 Å². The van der Waals surface area contributed by atoms with Gasteiger partial charge in [0.25, 0.3) is 0 Å². The number of hydrogen-bond donors (Lipinski definition) is 0. The molecular weight excluding hydrogens is 298 g/mol. The molecule has 0 saturated heterocycles.